The lowest BCUT2D eigenvalue weighted by atomic mass is 10.2. The number of carbonyl (C=O) groups is 1. The van der Waals surface area contributed by atoms with Crippen molar-refractivity contribution in [2.75, 3.05) is 18.8 Å². The number of hydrogen-bond acceptors (Lipinski definition) is 4. The molecule has 2 atom stereocenters. The summed E-state index contributed by atoms with van der Waals surface area (Å²) < 4.78 is 25.5. The summed E-state index contributed by atoms with van der Waals surface area (Å²) in [6, 6.07) is 9.25. The van der Waals surface area contributed by atoms with Crippen molar-refractivity contribution in [3.05, 3.63) is 42.7 Å². The number of rotatable bonds is 3. The fraction of sp³-hybridized carbons (Fsp3) is 0.412. The topological polar surface area (TPSA) is 72.3 Å². The zero-order chi connectivity index (χ0) is 17.3. The maximum absolute atomic E-state index is 12.8. The Kier molecular flexibility index (Phi) is 4.45. The predicted octanol–water partition coefficient (Wildman–Crippen LogP) is 1.76. The predicted molar refractivity (Wildman–Crippen MR) is 92.2 cm³/mol. The standard InChI is InChI=1S/C17H21N3O3S/c1-13-12-19(10-11-24(13,22)23)17(21)14(2)20-9-8-18-16(20)15-6-4-3-5-7-15/h3-9,13-14H,10-12H2,1-2H3/t13-,14-/m0/s1. The highest BCUT2D eigenvalue weighted by molar-refractivity contribution is 7.92. The van der Waals surface area contributed by atoms with Gasteiger partial charge in [-0.3, -0.25) is 4.79 Å². The largest absolute Gasteiger partial charge is 0.339 e. The van der Waals surface area contributed by atoms with Crippen molar-refractivity contribution >= 4 is 15.7 Å². The van der Waals surface area contributed by atoms with Crippen LogP contribution in [0.25, 0.3) is 11.4 Å². The molecule has 7 heteroatoms. The van der Waals surface area contributed by atoms with Gasteiger partial charge in [0, 0.05) is 31.0 Å². The van der Waals surface area contributed by atoms with Crippen LogP contribution in [0.2, 0.25) is 0 Å². The van der Waals surface area contributed by atoms with Crippen LogP contribution in [0.5, 0.6) is 0 Å². The lowest BCUT2D eigenvalue weighted by Crippen LogP contribution is -2.49. The zero-order valence-electron chi connectivity index (χ0n) is 13.8. The number of carbonyl (C=O) groups excluding carboxylic acids is 1. The van der Waals surface area contributed by atoms with Gasteiger partial charge in [0.1, 0.15) is 11.9 Å². The highest BCUT2D eigenvalue weighted by atomic mass is 32.2. The fourth-order valence-corrected chi connectivity index (χ4v) is 4.26. The Morgan fingerprint density at radius 1 is 1.29 bits per heavy atom. The minimum Gasteiger partial charge on any atom is -0.339 e. The lowest BCUT2D eigenvalue weighted by Gasteiger charge is -2.33. The van der Waals surface area contributed by atoms with Gasteiger partial charge >= 0.3 is 0 Å². The molecule has 2 aromatic rings. The molecule has 2 heterocycles. The molecule has 0 bridgehead atoms. The van der Waals surface area contributed by atoms with Gasteiger partial charge in [-0.2, -0.15) is 0 Å². The molecule has 1 aromatic heterocycles. The van der Waals surface area contributed by atoms with Crippen molar-refractivity contribution in [3.8, 4) is 11.4 Å². The Morgan fingerprint density at radius 2 is 2.00 bits per heavy atom. The van der Waals surface area contributed by atoms with Gasteiger partial charge in [-0.05, 0) is 13.8 Å². The van der Waals surface area contributed by atoms with E-state index in [0.29, 0.717) is 0 Å². The van der Waals surface area contributed by atoms with Crippen molar-refractivity contribution in [2.24, 2.45) is 0 Å². The minimum absolute atomic E-state index is 0.0299. The van der Waals surface area contributed by atoms with Gasteiger partial charge in [0.15, 0.2) is 9.84 Å². The van der Waals surface area contributed by atoms with E-state index >= 15 is 0 Å². The molecule has 1 aliphatic rings. The SMILES string of the molecule is C[C@@H](C(=O)N1CCS(=O)(=O)[C@@H](C)C1)n1ccnc1-c1ccccc1. The first-order valence-corrected chi connectivity index (χ1v) is 9.70. The first kappa shape index (κ1) is 16.7. The molecule has 0 unspecified atom stereocenters. The van der Waals surface area contributed by atoms with E-state index in [2.05, 4.69) is 4.98 Å². The van der Waals surface area contributed by atoms with E-state index < -0.39 is 21.1 Å². The second kappa shape index (κ2) is 6.39. The maximum atomic E-state index is 12.8. The second-order valence-corrected chi connectivity index (χ2v) is 8.70. The van der Waals surface area contributed by atoms with Crippen molar-refractivity contribution in [2.45, 2.75) is 25.1 Å². The number of hydrogen-bond donors (Lipinski definition) is 0. The van der Waals surface area contributed by atoms with E-state index in [1.165, 1.54) is 0 Å². The molecule has 1 saturated heterocycles. The van der Waals surface area contributed by atoms with Crippen molar-refractivity contribution in [1.29, 1.82) is 0 Å². The van der Waals surface area contributed by atoms with Crippen molar-refractivity contribution < 1.29 is 13.2 Å². The Balaban J connectivity index is 1.82. The van der Waals surface area contributed by atoms with Crippen LogP contribution in [-0.2, 0) is 14.6 Å². The van der Waals surface area contributed by atoms with Crippen molar-refractivity contribution in [1.82, 2.24) is 14.5 Å². The van der Waals surface area contributed by atoms with Gasteiger partial charge in [0.25, 0.3) is 0 Å². The van der Waals surface area contributed by atoms with Crippen LogP contribution < -0.4 is 0 Å². The third kappa shape index (κ3) is 3.08. The monoisotopic (exact) mass is 347 g/mol. The molecule has 1 fully saturated rings. The Morgan fingerprint density at radius 3 is 2.67 bits per heavy atom. The van der Waals surface area contributed by atoms with Gasteiger partial charge in [-0.25, -0.2) is 13.4 Å². The van der Waals surface area contributed by atoms with E-state index in [1.54, 1.807) is 24.2 Å². The molecule has 0 saturated carbocycles. The molecule has 0 radical (unpaired) electrons. The second-order valence-electron chi connectivity index (χ2n) is 6.16. The van der Waals surface area contributed by atoms with Gasteiger partial charge in [-0.1, -0.05) is 30.3 Å². The lowest BCUT2D eigenvalue weighted by molar-refractivity contribution is -0.134. The van der Waals surface area contributed by atoms with E-state index in [1.807, 2.05) is 41.8 Å². The normalized spacial score (nSPS) is 21.4. The van der Waals surface area contributed by atoms with Gasteiger partial charge < -0.3 is 9.47 Å². The zero-order valence-corrected chi connectivity index (χ0v) is 14.6. The first-order chi connectivity index (χ1) is 11.4. The number of sulfone groups is 1. The molecule has 24 heavy (non-hydrogen) atoms. The van der Waals surface area contributed by atoms with Crippen LogP contribution >= 0.6 is 0 Å². The molecule has 3 rings (SSSR count). The molecule has 128 valence electrons. The highest BCUT2D eigenvalue weighted by Crippen LogP contribution is 2.23. The fourth-order valence-electron chi connectivity index (χ4n) is 2.97. The molecule has 0 N–H and O–H groups in total. The van der Waals surface area contributed by atoms with Gasteiger partial charge in [0.05, 0.1) is 11.0 Å². The summed E-state index contributed by atoms with van der Waals surface area (Å²) in [4.78, 5) is 18.8. The Bertz CT molecular complexity index is 830. The first-order valence-electron chi connectivity index (χ1n) is 7.99. The minimum atomic E-state index is -3.07. The van der Waals surface area contributed by atoms with E-state index in [0.717, 1.165) is 11.4 Å². The third-order valence-corrected chi connectivity index (χ3v) is 6.65. The molecule has 0 aliphatic carbocycles. The number of aromatic nitrogens is 2. The van der Waals surface area contributed by atoms with Crippen LogP contribution in [0, 0.1) is 0 Å². The number of nitrogens with zero attached hydrogens (tertiary/aromatic N) is 3. The Hall–Kier alpha value is -2.15. The molecule has 0 spiro atoms. The average Bonchev–Trinajstić information content (AvgIpc) is 3.06. The summed E-state index contributed by atoms with van der Waals surface area (Å²) in [6.07, 6.45) is 3.46. The highest BCUT2D eigenvalue weighted by Gasteiger charge is 2.34. The van der Waals surface area contributed by atoms with Crippen LogP contribution in [-0.4, -0.2) is 52.9 Å². The van der Waals surface area contributed by atoms with E-state index in [9.17, 15) is 13.2 Å². The smallest absolute Gasteiger partial charge is 0.245 e. The van der Waals surface area contributed by atoms with Crippen LogP contribution in [0.15, 0.2) is 42.7 Å². The molecule has 1 aromatic carbocycles. The summed E-state index contributed by atoms with van der Waals surface area (Å²) >= 11 is 0. The maximum Gasteiger partial charge on any atom is 0.245 e. The molecule has 6 nitrogen and oxygen atoms in total. The van der Waals surface area contributed by atoms with E-state index in [4.69, 9.17) is 0 Å². The van der Waals surface area contributed by atoms with Gasteiger partial charge in [0.2, 0.25) is 5.91 Å². The number of benzene rings is 1. The number of imidazole rings is 1. The van der Waals surface area contributed by atoms with Gasteiger partial charge in [-0.15, -0.1) is 0 Å². The quantitative estimate of drug-likeness (QED) is 0.848. The van der Waals surface area contributed by atoms with E-state index in [-0.39, 0.29) is 24.7 Å². The van der Waals surface area contributed by atoms with Crippen LogP contribution in [0.3, 0.4) is 0 Å². The molecule has 1 amide bonds. The summed E-state index contributed by atoms with van der Waals surface area (Å²) in [5.41, 5.74) is 0.941. The third-order valence-electron chi connectivity index (χ3n) is 4.52. The number of amides is 1. The summed E-state index contributed by atoms with van der Waals surface area (Å²) in [6.45, 7) is 3.99. The van der Waals surface area contributed by atoms with Crippen molar-refractivity contribution in [3.63, 3.8) is 0 Å². The summed E-state index contributed by atoms with van der Waals surface area (Å²) in [5.74, 6) is 0.684. The summed E-state index contributed by atoms with van der Waals surface area (Å²) in [5, 5.41) is -0.515. The molecular formula is C17H21N3O3S. The molecular weight excluding hydrogens is 326 g/mol. The summed E-state index contributed by atoms with van der Waals surface area (Å²) in [7, 11) is -3.07. The average molecular weight is 347 g/mol. The Labute approximate surface area is 142 Å². The molecule has 1 aliphatic heterocycles. The van der Waals surface area contributed by atoms with Crippen LogP contribution in [0.1, 0.15) is 19.9 Å². The van der Waals surface area contributed by atoms with Crippen LogP contribution in [0.4, 0.5) is 0 Å².